The van der Waals surface area contributed by atoms with Gasteiger partial charge in [0.1, 0.15) is 0 Å². The summed E-state index contributed by atoms with van der Waals surface area (Å²) in [7, 11) is 0. The first-order valence-electron chi connectivity index (χ1n) is 3.81. The summed E-state index contributed by atoms with van der Waals surface area (Å²) >= 11 is 5.71. The number of fused-ring (bicyclic) bond motifs is 1. The minimum absolute atomic E-state index is 0.360. The third-order valence-electron chi connectivity index (χ3n) is 1.84. The standard InChI is InChI=1S/C9H6ClN3/c10-9-12-7-3-1-2-6(4-5-11)8(7)13-9/h1-3H,4H2,(H,12,13). The Balaban J connectivity index is 2.69. The van der Waals surface area contributed by atoms with E-state index in [4.69, 9.17) is 16.9 Å². The van der Waals surface area contributed by atoms with E-state index in [0.717, 1.165) is 16.6 Å². The zero-order valence-corrected chi connectivity index (χ0v) is 7.47. The molecule has 64 valence electrons. The molecule has 1 aromatic carbocycles. The number of aromatic amines is 1. The molecule has 0 saturated carbocycles. The molecule has 0 spiro atoms. The van der Waals surface area contributed by atoms with Gasteiger partial charge in [0.25, 0.3) is 0 Å². The molecule has 0 fully saturated rings. The van der Waals surface area contributed by atoms with Crippen molar-refractivity contribution < 1.29 is 0 Å². The highest BCUT2D eigenvalue weighted by Gasteiger charge is 2.04. The Bertz CT molecular complexity index is 481. The van der Waals surface area contributed by atoms with Crippen LogP contribution in [0.2, 0.25) is 5.28 Å². The number of H-pyrrole nitrogens is 1. The Hall–Kier alpha value is -1.53. The predicted octanol–water partition coefficient (Wildman–Crippen LogP) is 2.28. The summed E-state index contributed by atoms with van der Waals surface area (Å²) in [5.41, 5.74) is 2.56. The Morgan fingerprint density at radius 1 is 1.54 bits per heavy atom. The van der Waals surface area contributed by atoms with Crippen molar-refractivity contribution in [3.05, 3.63) is 29.0 Å². The van der Waals surface area contributed by atoms with E-state index in [9.17, 15) is 0 Å². The van der Waals surface area contributed by atoms with Crippen molar-refractivity contribution in [2.24, 2.45) is 0 Å². The summed E-state index contributed by atoms with van der Waals surface area (Å²) in [5.74, 6) is 0. The molecule has 4 heteroatoms. The van der Waals surface area contributed by atoms with Gasteiger partial charge >= 0.3 is 0 Å². The maximum Gasteiger partial charge on any atom is 0.201 e. The number of halogens is 1. The second kappa shape index (κ2) is 3.08. The fourth-order valence-electron chi connectivity index (χ4n) is 1.29. The van der Waals surface area contributed by atoms with E-state index in [1.165, 1.54) is 0 Å². The summed E-state index contributed by atoms with van der Waals surface area (Å²) in [6.07, 6.45) is 0.360. The van der Waals surface area contributed by atoms with Crippen LogP contribution in [-0.2, 0) is 6.42 Å². The van der Waals surface area contributed by atoms with Crippen LogP contribution in [0.1, 0.15) is 5.56 Å². The first kappa shape index (κ1) is 8.09. The van der Waals surface area contributed by atoms with Crippen LogP contribution in [0.25, 0.3) is 11.0 Å². The Morgan fingerprint density at radius 2 is 2.38 bits per heavy atom. The van der Waals surface area contributed by atoms with E-state index in [1.807, 2.05) is 18.2 Å². The smallest absolute Gasteiger partial charge is 0.201 e. The first-order chi connectivity index (χ1) is 6.31. The van der Waals surface area contributed by atoms with Crippen LogP contribution in [0.4, 0.5) is 0 Å². The second-order valence-electron chi connectivity index (χ2n) is 2.68. The normalized spacial score (nSPS) is 10.2. The molecule has 0 bridgehead atoms. The minimum atomic E-state index is 0.360. The lowest BCUT2D eigenvalue weighted by Gasteiger charge is -1.93. The van der Waals surface area contributed by atoms with E-state index < -0.39 is 0 Å². The number of imidazole rings is 1. The number of nitrogens with zero attached hydrogens (tertiary/aromatic N) is 2. The number of para-hydroxylation sites is 1. The van der Waals surface area contributed by atoms with E-state index in [0.29, 0.717) is 11.7 Å². The van der Waals surface area contributed by atoms with Crippen molar-refractivity contribution in [1.29, 1.82) is 5.26 Å². The Morgan fingerprint density at radius 3 is 3.15 bits per heavy atom. The molecule has 0 aliphatic carbocycles. The van der Waals surface area contributed by atoms with Gasteiger partial charge in [0.05, 0.1) is 23.5 Å². The van der Waals surface area contributed by atoms with E-state index >= 15 is 0 Å². The average Bonchev–Trinajstić information content (AvgIpc) is 2.47. The number of hydrogen-bond acceptors (Lipinski definition) is 2. The molecule has 3 nitrogen and oxygen atoms in total. The molecule has 0 amide bonds. The fourth-order valence-corrected chi connectivity index (χ4v) is 1.48. The fraction of sp³-hybridized carbons (Fsp3) is 0.111. The van der Waals surface area contributed by atoms with Crippen LogP contribution in [0.5, 0.6) is 0 Å². The van der Waals surface area contributed by atoms with Crippen LogP contribution in [0, 0.1) is 11.3 Å². The van der Waals surface area contributed by atoms with Crippen molar-refractivity contribution in [1.82, 2.24) is 9.97 Å². The lowest BCUT2D eigenvalue weighted by atomic mass is 10.1. The third kappa shape index (κ3) is 1.36. The van der Waals surface area contributed by atoms with Gasteiger partial charge in [0, 0.05) is 0 Å². The molecule has 0 saturated heterocycles. The van der Waals surface area contributed by atoms with Crippen molar-refractivity contribution in [2.75, 3.05) is 0 Å². The molecule has 2 aromatic rings. The van der Waals surface area contributed by atoms with E-state index in [1.54, 1.807) is 0 Å². The first-order valence-corrected chi connectivity index (χ1v) is 4.19. The van der Waals surface area contributed by atoms with Crippen molar-refractivity contribution >= 4 is 22.6 Å². The zero-order chi connectivity index (χ0) is 9.26. The average molecular weight is 192 g/mol. The van der Waals surface area contributed by atoms with Crippen LogP contribution >= 0.6 is 11.6 Å². The van der Waals surface area contributed by atoms with Crippen LogP contribution < -0.4 is 0 Å². The molecule has 1 aromatic heterocycles. The molecule has 0 atom stereocenters. The largest absolute Gasteiger partial charge is 0.329 e. The van der Waals surface area contributed by atoms with E-state index in [2.05, 4.69) is 16.0 Å². The minimum Gasteiger partial charge on any atom is -0.329 e. The van der Waals surface area contributed by atoms with Gasteiger partial charge in [-0.15, -0.1) is 0 Å². The van der Waals surface area contributed by atoms with Crippen LogP contribution in [0.15, 0.2) is 18.2 Å². The molecule has 2 rings (SSSR count). The summed E-state index contributed by atoms with van der Waals surface area (Å²) in [5, 5.41) is 8.93. The predicted molar refractivity (Wildman–Crippen MR) is 50.4 cm³/mol. The highest BCUT2D eigenvalue weighted by Crippen LogP contribution is 2.18. The maximum absolute atomic E-state index is 8.56. The maximum atomic E-state index is 8.56. The summed E-state index contributed by atoms with van der Waals surface area (Å²) in [4.78, 5) is 6.99. The SMILES string of the molecule is N#CCc1cccc2[nH]c(Cl)nc12. The molecule has 0 aliphatic heterocycles. The highest BCUT2D eigenvalue weighted by atomic mass is 35.5. The second-order valence-corrected chi connectivity index (χ2v) is 3.03. The highest BCUT2D eigenvalue weighted by molar-refractivity contribution is 6.29. The van der Waals surface area contributed by atoms with Crippen molar-refractivity contribution in [2.45, 2.75) is 6.42 Å². The third-order valence-corrected chi connectivity index (χ3v) is 2.02. The van der Waals surface area contributed by atoms with Gasteiger partial charge in [-0.25, -0.2) is 4.98 Å². The number of hydrogen-bond donors (Lipinski definition) is 1. The van der Waals surface area contributed by atoms with Gasteiger partial charge < -0.3 is 4.98 Å². The van der Waals surface area contributed by atoms with Gasteiger partial charge in [-0.3, -0.25) is 0 Å². The lowest BCUT2D eigenvalue weighted by Crippen LogP contribution is -1.82. The molecule has 1 N–H and O–H groups in total. The quantitative estimate of drug-likeness (QED) is 0.752. The Kier molecular flexibility index (Phi) is 1.91. The molecule has 1 heterocycles. The number of aromatic nitrogens is 2. The molecular weight excluding hydrogens is 186 g/mol. The van der Waals surface area contributed by atoms with Gasteiger partial charge in [-0.2, -0.15) is 5.26 Å². The van der Waals surface area contributed by atoms with Gasteiger partial charge in [-0.1, -0.05) is 12.1 Å². The number of rotatable bonds is 1. The molecular formula is C9H6ClN3. The van der Waals surface area contributed by atoms with Gasteiger partial charge in [0.15, 0.2) is 0 Å². The molecule has 0 radical (unpaired) electrons. The molecule has 13 heavy (non-hydrogen) atoms. The van der Waals surface area contributed by atoms with Gasteiger partial charge in [0.2, 0.25) is 5.28 Å². The van der Waals surface area contributed by atoms with Crippen molar-refractivity contribution in [3.8, 4) is 6.07 Å². The monoisotopic (exact) mass is 191 g/mol. The molecule has 0 aliphatic rings. The Labute approximate surface area is 80.0 Å². The number of benzene rings is 1. The number of nitrogens with one attached hydrogen (secondary N) is 1. The van der Waals surface area contributed by atoms with Crippen LogP contribution in [-0.4, -0.2) is 9.97 Å². The van der Waals surface area contributed by atoms with Crippen molar-refractivity contribution in [3.63, 3.8) is 0 Å². The van der Waals surface area contributed by atoms with Gasteiger partial charge in [-0.05, 0) is 23.2 Å². The lowest BCUT2D eigenvalue weighted by molar-refractivity contribution is 1.26. The number of nitriles is 1. The summed E-state index contributed by atoms with van der Waals surface area (Å²) < 4.78 is 0. The topological polar surface area (TPSA) is 52.5 Å². The zero-order valence-electron chi connectivity index (χ0n) is 6.71. The summed E-state index contributed by atoms with van der Waals surface area (Å²) in [6.45, 7) is 0. The van der Waals surface area contributed by atoms with E-state index in [-0.39, 0.29) is 0 Å². The molecule has 0 unspecified atom stereocenters. The summed E-state index contributed by atoms with van der Waals surface area (Å²) in [6, 6.07) is 7.73. The van der Waals surface area contributed by atoms with Crippen LogP contribution in [0.3, 0.4) is 0 Å².